The number of nitriles is 1. The van der Waals surface area contributed by atoms with Crippen LogP contribution >= 0.6 is 0 Å². The number of morpholine rings is 1. The molecule has 3 fully saturated rings. The molecule has 4 nitrogen and oxygen atoms in total. The van der Waals surface area contributed by atoms with Gasteiger partial charge in [-0.25, -0.2) is 0 Å². The van der Waals surface area contributed by atoms with Crippen LogP contribution in [0.5, 0.6) is 0 Å². The topological polar surface area (TPSA) is 48.3 Å². The van der Waals surface area contributed by atoms with Gasteiger partial charge in [0.05, 0.1) is 18.8 Å². The van der Waals surface area contributed by atoms with Gasteiger partial charge in [-0.05, 0) is 44.6 Å². The molecule has 0 aromatic heterocycles. The zero-order valence-electron chi connectivity index (χ0n) is 13.3. The van der Waals surface area contributed by atoms with E-state index in [1.165, 1.54) is 38.5 Å². The summed E-state index contributed by atoms with van der Waals surface area (Å²) in [4.78, 5) is 2.57. The van der Waals surface area contributed by atoms with Crippen molar-refractivity contribution in [2.24, 2.45) is 5.92 Å². The predicted octanol–water partition coefficient (Wildman–Crippen LogP) is 2.30. The third-order valence-electron chi connectivity index (χ3n) is 5.46. The van der Waals surface area contributed by atoms with Crippen LogP contribution in [-0.2, 0) is 4.74 Å². The van der Waals surface area contributed by atoms with Crippen molar-refractivity contribution in [1.29, 1.82) is 5.26 Å². The molecule has 0 aromatic carbocycles. The Kier molecular flexibility index (Phi) is 4.83. The molecule has 1 heterocycles. The van der Waals surface area contributed by atoms with Gasteiger partial charge in [-0.15, -0.1) is 0 Å². The molecule has 2 saturated carbocycles. The Morgan fingerprint density at radius 2 is 2.10 bits per heavy atom. The first-order chi connectivity index (χ1) is 10.3. The van der Waals surface area contributed by atoms with E-state index in [4.69, 9.17) is 4.74 Å². The fourth-order valence-electron chi connectivity index (χ4n) is 4.11. The predicted molar refractivity (Wildman–Crippen MR) is 82.9 cm³/mol. The van der Waals surface area contributed by atoms with E-state index in [0.29, 0.717) is 18.1 Å². The number of hydrogen-bond donors (Lipinski definition) is 1. The van der Waals surface area contributed by atoms with Gasteiger partial charge < -0.3 is 4.74 Å². The second kappa shape index (κ2) is 6.64. The Hall–Kier alpha value is -0.630. The number of hydrogen-bond acceptors (Lipinski definition) is 4. The molecular weight excluding hydrogens is 262 g/mol. The monoisotopic (exact) mass is 291 g/mol. The summed E-state index contributed by atoms with van der Waals surface area (Å²) in [5.41, 5.74) is -0.324. The van der Waals surface area contributed by atoms with Crippen molar-refractivity contribution in [3.8, 4) is 6.07 Å². The quantitative estimate of drug-likeness (QED) is 0.816. The minimum Gasteiger partial charge on any atom is -0.375 e. The van der Waals surface area contributed by atoms with Gasteiger partial charge in [0.1, 0.15) is 5.54 Å². The van der Waals surface area contributed by atoms with Crippen LogP contribution in [0.1, 0.15) is 51.9 Å². The first kappa shape index (κ1) is 15.3. The van der Waals surface area contributed by atoms with Crippen LogP contribution in [0.2, 0.25) is 0 Å². The van der Waals surface area contributed by atoms with Crippen LogP contribution in [0.3, 0.4) is 0 Å². The molecule has 1 N–H and O–H groups in total. The molecular formula is C17H29N3O. The van der Waals surface area contributed by atoms with Gasteiger partial charge >= 0.3 is 0 Å². The highest BCUT2D eigenvalue weighted by atomic mass is 16.5. The van der Waals surface area contributed by atoms with E-state index >= 15 is 0 Å². The zero-order chi connectivity index (χ0) is 14.7. The van der Waals surface area contributed by atoms with Crippen molar-refractivity contribution in [2.45, 2.75) is 69.6 Å². The molecule has 1 saturated heterocycles. The fourth-order valence-corrected chi connectivity index (χ4v) is 4.11. The van der Waals surface area contributed by atoms with Crippen LogP contribution in [0, 0.1) is 17.2 Å². The Labute approximate surface area is 128 Å². The Morgan fingerprint density at radius 3 is 2.81 bits per heavy atom. The first-order valence-electron chi connectivity index (χ1n) is 8.81. The summed E-state index contributed by atoms with van der Waals surface area (Å²) >= 11 is 0. The van der Waals surface area contributed by atoms with E-state index < -0.39 is 0 Å². The second-order valence-corrected chi connectivity index (χ2v) is 7.02. The summed E-state index contributed by atoms with van der Waals surface area (Å²) in [6, 6.07) is 3.21. The van der Waals surface area contributed by atoms with E-state index in [-0.39, 0.29) is 5.54 Å². The fraction of sp³-hybridized carbons (Fsp3) is 0.941. The van der Waals surface area contributed by atoms with Crippen LogP contribution in [0.4, 0.5) is 0 Å². The molecule has 3 atom stereocenters. The maximum Gasteiger partial charge on any atom is 0.122 e. The average molecular weight is 291 g/mol. The molecule has 0 radical (unpaired) electrons. The summed E-state index contributed by atoms with van der Waals surface area (Å²) in [5.74, 6) is 0.555. The van der Waals surface area contributed by atoms with Crippen molar-refractivity contribution in [3.05, 3.63) is 0 Å². The lowest BCUT2D eigenvalue weighted by atomic mass is 9.87. The molecule has 2 aliphatic carbocycles. The minimum atomic E-state index is -0.324. The van der Waals surface area contributed by atoms with Gasteiger partial charge in [-0.1, -0.05) is 19.8 Å². The maximum atomic E-state index is 9.87. The summed E-state index contributed by atoms with van der Waals surface area (Å²) in [6.07, 6.45) is 8.98. The smallest absolute Gasteiger partial charge is 0.122 e. The van der Waals surface area contributed by atoms with E-state index in [2.05, 4.69) is 23.2 Å². The van der Waals surface area contributed by atoms with Gasteiger partial charge in [-0.2, -0.15) is 5.26 Å². The average Bonchev–Trinajstić information content (AvgIpc) is 3.37. The standard InChI is InChI=1S/C17H29N3O/c1-2-9-19-17(12-18,14-7-8-14)13-20-10-11-21-16-6-4-3-5-15(16)20/h14-16,19H,2-11,13H2,1H3. The van der Waals surface area contributed by atoms with E-state index in [9.17, 15) is 5.26 Å². The Bertz CT molecular complexity index is 388. The Morgan fingerprint density at radius 1 is 1.29 bits per heavy atom. The lowest BCUT2D eigenvalue weighted by Gasteiger charge is -2.46. The van der Waals surface area contributed by atoms with E-state index in [0.717, 1.165) is 32.7 Å². The maximum absolute atomic E-state index is 9.87. The molecule has 118 valence electrons. The number of ether oxygens (including phenoxy) is 1. The molecule has 3 aliphatic rings. The van der Waals surface area contributed by atoms with Crippen LogP contribution < -0.4 is 5.32 Å². The van der Waals surface area contributed by atoms with Crippen LogP contribution in [0.25, 0.3) is 0 Å². The second-order valence-electron chi connectivity index (χ2n) is 7.02. The summed E-state index contributed by atoms with van der Waals surface area (Å²) in [6.45, 7) is 5.83. The van der Waals surface area contributed by atoms with E-state index in [1.54, 1.807) is 0 Å². The third-order valence-corrected chi connectivity index (χ3v) is 5.46. The lowest BCUT2D eigenvalue weighted by Crippen LogP contribution is -2.61. The van der Waals surface area contributed by atoms with Crippen LogP contribution in [-0.4, -0.2) is 48.8 Å². The summed E-state index contributed by atoms with van der Waals surface area (Å²) in [7, 11) is 0. The molecule has 1 aliphatic heterocycles. The molecule has 3 unspecified atom stereocenters. The SMILES string of the molecule is CCCNC(C#N)(CN1CCOC2CCCCC21)C1CC1. The van der Waals surface area contributed by atoms with Gasteiger partial charge in [0.2, 0.25) is 0 Å². The molecule has 0 bridgehead atoms. The molecule has 21 heavy (non-hydrogen) atoms. The minimum absolute atomic E-state index is 0.324. The number of nitrogens with one attached hydrogen (secondary N) is 1. The van der Waals surface area contributed by atoms with Gasteiger partial charge in [-0.3, -0.25) is 10.2 Å². The molecule has 0 amide bonds. The summed E-state index contributed by atoms with van der Waals surface area (Å²) in [5, 5.41) is 13.5. The lowest BCUT2D eigenvalue weighted by molar-refractivity contribution is -0.0935. The van der Waals surface area contributed by atoms with Gasteiger partial charge in [0.25, 0.3) is 0 Å². The summed E-state index contributed by atoms with van der Waals surface area (Å²) < 4.78 is 5.97. The van der Waals surface area contributed by atoms with Gasteiger partial charge in [0, 0.05) is 19.1 Å². The van der Waals surface area contributed by atoms with Crippen molar-refractivity contribution in [3.63, 3.8) is 0 Å². The number of nitrogens with zero attached hydrogens (tertiary/aromatic N) is 2. The number of rotatable bonds is 6. The molecule has 4 heteroatoms. The first-order valence-corrected chi connectivity index (χ1v) is 8.81. The van der Waals surface area contributed by atoms with Crippen LogP contribution in [0.15, 0.2) is 0 Å². The van der Waals surface area contributed by atoms with Crippen molar-refractivity contribution >= 4 is 0 Å². The normalized spacial score (nSPS) is 33.0. The van der Waals surface area contributed by atoms with Gasteiger partial charge in [0.15, 0.2) is 0 Å². The highest BCUT2D eigenvalue weighted by Gasteiger charge is 2.48. The number of fused-ring (bicyclic) bond motifs is 1. The third kappa shape index (κ3) is 3.26. The Balaban J connectivity index is 1.70. The molecule has 0 spiro atoms. The van der Waals surface area contributed by atoms with Crippen molar-refractivity contribution in [2.75, 3.05) is 26.2 Å². The molecule has 3 rings (SSSR count). The van der Waals surface area contributed by atoms with E-state index in [1.807, 2.05) is 0 Å². The highest BCUT2D eigenvalue weighted by Crippen LogP contribution is 2.41. The van der Waals surface area contributed by atoms with Crippen molar-refractivity contribution in [1.82, 2.24) is 10.2 Å². The molecule has 0 aromatic rings. The highest BCUT2D eigenvalue weighted by molar-refractivity contribution is 5.17. The van der Waals surface area contributed by atoms with Crippen molar-refractivity contribution < 1.29 is 4.74 Å². The largest absolute Gasteiger partial charge is 0.375 e. The zero-order valence-corrected chi connectivity index (χ0v) is 13.3.